The van der Waals surface area contributed by atoms with Crippen LogP contribution in [0, 0.1) is 0 Å². The lowest BCUT2D eigenvalue weighted by Crippen LogP contribution is -2.43. The number of piperidine rings is 1. The summed E-state index contributed by atoms with van der Waals surface area (Å²) < 4.78 is 5.91. The lowest BCUT2D eigenvalue weighted by molar-refractivity contribution is -0.312. The summed E-state index contributed by atoms with van der Waals surface area (Å²) in [7, 11) is 0. The lowest BCUT2D eigenvalue weighted by Gasteiger charge is -2.38. The largest absolute Gasteiger partial charge is 0.395 e. The summed E-state index contributed by atoms with van der Waals surface area (Å²) in [4.78, 5) is 6.50. The van der Waals surface area contributed by atoms with Gasteiger partial charge in [-0.3, -0.25) is 5.26 Å². The first kappa shape index (κ1) is 19.8. The number of aliphatic hydroxyl groups excluding tert-OH is 1. The molecular formula is C15H33NO4. The normalized spacial score (nSPS) is 26.7. The molecule has 1 aliphatic heterocycles. The first-order valence-corrected chi connectivity index (χ1v) is 8.10. The second-order valence-corrected chi connectivity index (χ2v) is 4.72. The van der Waals surface area contributed by atoms with Crippen LogP contribution in [0.4, 0.5) is 0 Å². The summed E-state index contributed by atoms with van der Waals surface area (Å²) in [5.41, 5.74) is 0. The van der Waals surface area contributed by atoms with E-state index in [4.69, 9.17) is 15.1 Å². The highest BCUT2D eigenvalue weighted by Crippen LogP contribution is 2.28. The quantitative estimate of drug-likeness (QED) is 0.602. The van der Waals surface area contributed by atoms with Crippen molar-refractivity contribution in [2.75, 3.05) is 26.2 Å². The topological polar surface area (TPSA) is 62.2 Å². The van der Waals surface area contributed by atoms with Gasteiger partial charge >= 0.3 is 0 Å². The molecule has 0 aromatic rings. The van der Waals surface area contributed by atoms with Crippen molar-refractivity contribution in [1.29, 1.82) is 0 Å². The van der Waals surface area contributed by atoms with Gasteiger partial charge in [-0.2, -0.15) is 0 Å². The Balaban J connectivity index is 0.000000829. The summed E-state index contributed by atoms with van der Waals surface area (Å²) in [5.74, 6) is 0. The van der Waals surface area contributed by atoms with Gasteiger partial charge in [0, 0.05) is 32.5 Å². The van der Waals surface area contributed by atoms with Crippen LogP contribution in [0.3, 0.4) is 0 Å². The SMILES string of the molecule is CC.CC.OCCN1CCC(OC2CC(OO)C2)CC1. The molecule has 122 valence electrons. The van der Waals surface area contributed by atoms with Crippen molar-refractivity contribution in [1.82, 2.24) is 4.90 Å². The van der Waals surface area contributed by atoms with Gasteiger partial charge in [0.1, 0.15) is 0 Å². The second-order valence-electron chi connectivity index (χ2n) is 4.72. The Hall–Kier alpha value is -0.200. The van der Waals surface area contributed by atoms with Crippen molar-refractivity contribution in [2.24, 2.45) is 0 Å². The van der Waals surface area contributed by atoms with Crippen LogP contribution in [0.2, 0.25) is 0 Å². The molecule has 0 aromatic heterocycles. The van der Waals surface area contributed by atoms with Crippen LogP contribution in [-0.4, -0.2) is 59.8 Å². The van der Waals surface area contributed by atoms with E-state index in [1.54, 1.807) is 0 Å². The lowest BCUT2D eigenvalue weighted by atomic mass is 9.91. The van der Waals surface area contributed by atoms with Gasteiger partial charge < -0.3 is 14.7 Å². The van der Waals surface area contributed by atoms with Crippen LogP contribution in [0.25, 0.3) is 0 Å². The van der Waals surface area contributed by atoms with Crippen LogP contribution in [0.15, 0.2) is 0 Å². The summed E-state index contributed by atoms with van der Waals surface area (Å²) >= 11 is 0. The molecule has 0 aromatic carbocycles. The van der Waals surface area contributed by atoms with Crippen LogP contribution in [-0.2, 0) is 9.62 Å². The molecule has 0 spiro atoms. The van der Waals surface area contributed by atoms with E-state index in [9.17, 15) is 0 Å². The van der Waals surface area contributed by atoms with Gasteiger partial charge in [0.05, 0.1) is 24.9 Å². The second kappa shape index (κ2) is 12.5. The summed E-state index contributed by atoms with van der Waals surface area (Å²) in [6, 6.07) is 0. The fraction of sp³-hybridized carbons (Fsp3) is 1.00. The Bertz CT molecular complexity index is 202. The maximum atomic E-state index is 8.82. The molecule has 2 fully saturated rings. The number of ether oxygens (including phenoxy) is 1. The summed E-state index contributed by atoms with van der Waals surface area (Å²) in [6.07, 6.45) is 4.31. The third-order valence-electron chi connectivity index (χ3n) is 3.54. The highest BCUT2D eigenvalue weighted by molar-refractivity contribution is 4.82. The standard InChI is InChI=1S/C11H21NO4.2C2H6/c13-6-5-12-3-1-9(2-4-12)15-10-7-11(8-10)16-14;2*1-2/h9-11,13-14H,1-8H2;2*1-2H3. The average molecular weight is 291 g/mol. The zero-order valence-electron chi connectivity index (χ0n) is 13.5. The Morgan fingerprint density at radius 2 is 1.50 bits per heavy atom. The Kier molecular flexibility index (Phi) is 12.4. The van der Waals surface area contributed by atoms with Crippen LogP contribution in [0.1, 0.15) is 53.4 Å². The number of likely N-dealkylation sites (tertiary alicyclic amines) is 1. The predicted molar refractivity (Wildman–Crippen MR) is 80.9 cm³/mol. The number of hydrogen-bond donors (Lipinski definition) is 2. The Labute approximate surface area is 123 Å². The molecule has 20 heavy (non-hydrogen) atoms. The zero-order chi connectivity index (χ0) is 15.4. The number of β-amino-alcohol motifs (C(OH)–C–C–N with tert-alkyl or cyclic N) is 1. The van der Waals surface area contributed by atoms with Crippen molar-refractivity contribution in [3.63, 3.8) is 0 Å². The zero-order valence-corrected chi connectivity index (χ0v) is 13.5. The maximum Gasteiger partial charge on any atom is 0.0976 e. The van der Waals surface area contributed by atoms with Crippen molar-refractivity contribution in [3.05, 3.63) is 0 Å². The maximum absolute atomic E-state index is 8.82. The minimum atomic E-state index is -0.0144. The minimum absolute atomic E-state index is 0.0144. The number of nitrogens with zero attached hydrogens (tertiary/aromatic N) is 1. The third kappa shape index (κ3) is 6.99. The van der Waals surface area contributed by atoms with E-state index >= 15 is 0 Å². The molecule has 0 radical (unpaired) electrons. The average Bonchev–Trinajstić information content (AvgIpc) is 2.48. The molecule has 1 saturated carbocycles. The highest BCUT2D eigenvalue weighted by atomic mass is 17.1. The smallest absolute Gasteiger partial charge is 0.0976 e. The van der Waals surface area contributed by atoms with Gasteiger partial charge in [-0.1, -0.05) is 27.7 Å². The van der Waals surface area contributed by atoms with E-state index in [2.05, 4.69) is 9.79 Å². The van der Waals surface area contributed by atoms with E-state index in [1.165, 1.54) is 0 Å². The molecule has 0 unspecified atom stereocenters. The summed E-state index contributed by atoms with van der Waals surface area (Å²) in [5, 5.41) is 17.2. The van der Waals surface area contributed by atoms with Crippen molar-refractivity contribution < 1.29 is 20.0 Å². The minimum Gasteiger partial charge on any atom is -0.395 e. The van der Waals surface area contributed by atoms with Gasteiger partial charge in [-0.15, -0.1) is 0 Å². The van der Waals surface area contributed by atoms with Crippen LogP contribution < -0.4 is 0 Å². The molecule has 0 amide bonds. The van der Waals surface area contributed by atoms with Gasteiger partial charge in [0.15, 0.2) is 0 Å². The molecule has 2 aliphatic rings. The molecule has 1 aliphatic carbocycles. The van der Waals surface area contributed by atoms with Gasteiger partial charge in [-0.05, 0) is 12.8 Å². The van der Waals surface area contributed by atoms with Crippen molar-refractivity contribution >= 4 is 0 Å². The predicted octanol–water partition coefficient (Wildman–Crippen LogP) is 2.53. The van der Waals surface area contributed by atoms with Crippen LogP contribution >= 0.6 is 0 Å². The number of rotatable bonds is 5. The highest BCUT2D eigenvalue weighted by Gasteiger charge is 2.33. The molecule has 0 bridgehead atoms. The Morgan fingerprint density at radius 1 is 0.950 bits per heavy atom. The third-order valence-corrected chi connectivity index (χ3v) is 3.54. The van der Waals surface area contributed by atoms with Gasteiger partial charge in [0.2, 0.25) is 0 Å². The number of aliphatic hydroxyl groups is 1. The summed E-state index contributed by atoms with van der Waals surface area (Å²) in [6.45, 7) is 11.0. The van der Waals surface area contributed by atoms with Crippen molar-refractivity contribution in [2.45, 2.75) is 71.7 Å². The monoisotopic (exact) mass is 291 g/mol. The fourth-order valence-corrected chi connectivity index (χ4v) is 2.40. The van der Waals surface area contributed by atoms with Gasteiger partial charge in [-0.25, -0.2) is 4.89 Å². The van der Waals surface area contributed by atoms with E-state index in [1.807, 2.05) is 27.7 Å². The fourth-order valence-electron chi connectivity index (χ4n) is 2.40. The van der Waals surface area contributed by atoms with Gasteiger partial charge in [0.25, 0.3) is 0 Å². The molecule has 5 nitrogen and oxygen atoms in total. The number of hydrogen-bond acceptors (Lipinski definition) is 5. The first-order chi connectivity index (χ1) is 9.81. The van der Waals surface area contributed by atoms with E-state index < -0.39 is 0 Å². The van der Waals surface area contributed by atoms with Crippen molar-refractivity contribution in [3.8, 4) is 0 Å². The van der Waals surface area contributed by atoms with E-state index in [-0.39, 0.29) is 18.8 Å². The van der Waals surface area contributed by atoms with E-state index in [0.717, 1.165) is 45.3 Å². The molecule has 2 N–H and O–H groups in total. The molecule has 5 heteroatoms. The molecule has 0 atom stereocenters. The van der Waals surface area contributed by atoms with Crippen LogP contribution in [0.5, 0.6) is 0 Å². The van der Waals surface area contributed by atoms with E-state index in [0.29, 0.717) is 6.10 Å². The Morgan fingerprint density at radius 3 is 1.95 bits per heavy atom. The molecule has 1 heterocycles. The molecule has 2 rings (SSSR count). The molecule has 1 saturated heterocycles. The molecular weight excluding hydrogens is 258 g/mol. The first-order valence-electron chi connectivity index (χ1n) is 8.10.